The van der Waals surface area contributed by atoms with Crippen LogP contribution in [-0.2, 0) is 11.3 Å². The molecule has 4 rings (SSSR count). The molecule has 2 aromatic carbocycles. The van der Waals surface area contributed by atoms with Gasteiger partial charge >= 0.3 is 0 Å². The van der Waals surface area contributed by atoms with Crippen LogP contribution >= 0.6 is 0 Å². The Labute approximate surface area is 239 Å². The number of rotatable bonds is 8. The summed E-state index contributed by atoms with van der Waals surface area (Å²) in [7, 11) is 0. The van der Waals surface area contributed by atoms with Gasteiger partial charge < -0.3 is 14.8 Å². The van der Waals surface area contributed by atoms with Crippen molar-refractivity contribution in [1.29, 1.82) is 0 Å². The van der Waals surface area contributed by atoms with E-state index in [-0.39, 0.29) is 11.9 Å². The summed E-state index contributed by atoms with van der Waals surface area (Å²) in [6.07, 6.45) is 5.92. The van der Waals surface area contributed by atoms with Crippen molar-refractivity contribution in [3.63, 3.8) is 0 Å². The molecule has 7 nitrogen and oxygen atoms in total. The highest BCUT2D eigenvalue weighted by molar-refractivity contribution is 5.78. The third kappa shape index (κ3) is 8.54. The van der Waals surface area contributed by atoms with Crippen LogP contribution in [-0.4, -0.2) is 60.0 Å². The molecule has 1 N–H and O–H groups in total. The van der Waals surface area contributed by atoms with E-state index in [0.29, 0.717) is 37.9 Å². The number of nitrogens with zero attached hydrogens (tertiary/aromatic N) is 3. The molecule has 0 spiro atoms. The van der Waals surface area contributed by atoms with E-state index in [2.05, 4.69) is 65.1 Å². The Bertz CT molecular complexity index is 1200. The number of benzene rings is 2. The quantitative estimate of drug-likeness (QED) is 0.368. The summed E-state index contributed by atoms with van der Waals surface area (Å²) in [6, 6.07) is 20.5. The van der Waals surface area contributed by atoms with Crippen LogP contribution in [0.2, 0.25) is 0 Å². The van der Waals surface area contributed by atoms with Crippen molar-refractivity contribution in [1.82, 2.24) is 20.1 Å². The van der Waals surface area contributed by atoms with Gasteiger partial charge in [-0.15, -0.1) is 0 Å². The van der Waals surface area contributed by atoms with Crippen LogP contribution in [0.3, 0.4) is 0 Å². The van der Waals surface area contributed by atoms with Crippen LogP contribution in [0.25, 0.3) is 0 Å². The molecule has 214 valence electrons. The number of hydrogen-bond donors (Lipinski definition) is 1. The molecule has 1 aliphatic rings. The van der Waals surface area contributed by atoms with Crippen molar-refractivity contribution in [2.45, 2.75) is 59.0 Å². The van der Waals surface area contributed by atoms with Crippen molar-refractivity contribution in [3.05, 3.63) is 83.6 Å². The lowest BCUT2D eigenvalue weighted by Crippen LogP contribution is -2.42. The zero-order chi connectivity index (χ0) is 28.2. The molecule has 7 heteroatoms. The van der Waals surface area contributed by atoms with Crippen molar-refractivity contribution >= 4 is 5.91 Å². The van der Waals surface area contributed by atoms with Gasteiger partial charge in [0.1, 0.15) is 0 Å². The highest BCUT2D eigenvalue weighted by Crippen LogP contribution is 2.32. The molecule has 40 heavy (non-hydrogen) atoms. The SMILES string of the molecule is CCN(CC)C(CNC(=O)CN1CCCCCCOc2ccccc2Oc2ncccc2C1)c1ccc(C)cc1. The molecular formula is C33H44N4O3. The Morgan fingerprint density at radius 1 is 0.975 bits per heavy atom. The van der Waals surface area contributed by atoms with E-state index in [1.807, 2.05) is 36.4 Å². The molecule has 0 bridgehead atoms. The number of likely N-dealkylation sites (N-methyl/N-ethyl adjacent to an activating group) is 1. The number of aromatic nitrogens is 1. The average Bonchev–Trinajstić information content (AvgIpc) is 2.96. The van der Waals surface area contributed by atoms with Gasteiger partial charge in [0.25, 0.3) is 0 Å². The predicted octanol–water partition coefficient (Wildman–Crippen LogP) is 6.14. The third-order valence-electron chi connectivity index (χ3n) is 7.50. The van der Waals surface area contributed by atoms with Gasteiger partial charge in [0, 0.05) is 24.8 Å². The predicted molar refractivity (Wildman–Crippen MR) is 160 cm³/mol. The highest BCUT2D eigenvalue weighted by atomic mass is 16.5. The fourth-order valence-electron chi connectivity index (χ4n) is 5.20. The maximum Gasteiger partial charge on any atom is 0.234 e. The number of hydrogen-bond acceptors (Lipinski definition) is 6. The fourth-order valence-corrected chi connectivity index (χ4v) is 5.20. The molecule has 1 amide bonds. The van der Waals surface area contributed by atoms with Gasteiger partial charge in [-0.25, -0.2) is 4.98 Å². The molecule has 0 fully saturated rings. The van der Waals surface area contributed by atoms with Gasteiger partial charge in [0.15, 0.2) is 11.5 Å². The molecule has 1 unspecified atom stereocenters. The summed E-state index contributed by atoms with van der Waals surface area (Å²) >= 11 is 0. The first kappa shape index (κ1) is 29.6. The Kier molecular flexibility index (Phi) is 11.4. The minimum atomic E-state index is 0.0375. The van der Waals surface area contributed by atoms with Gasteiger partial charge in [-0.2, -0.15) is 0 Å². The Balaban J connectivity index is 1.47. The van der Waals surface area contributed by atoms with Crippen LogP contribution in [0.5, 0.6) is 17.4 Å². The monoisotopic (exact) mass is 544 g/mol. The highest BCUT2D eigenvalue weighted by Gasteiger charge is 2.21. The zero-order valence-electron chi connectivity index (χ0n) is 24.3. The molecule has 0 saturated carbocycles. The van der Waals surface area contributed by atoms with E-state index in [1.54, 1.807) is 6.20 Å². The van der Waals surface area contributed by atoms with Crippen LogP contribution in [0.15, 0.2) is 66.9 Å². The lowest BCUT2D eigenvalue weighted by atomic mass is 10.0. The molecule has 1 aromatic heterocycles. The second-order valence-electron chi connectivity index (χ2n) is 10.4. The number of aryl methyl sites for hydroxylation is 1. The van der Waals surface area contributed by atoms with Crippen LogP contribution < -0.4 is 14.8 Å². The topological polar surface area (TPSA) is 66.9 Å². The van der Waals surface area contributed by atoms with Gasteiger partial charge in [-0.1, -0.05) is 74.7 Å². The smallest absolute Gasteiger partial charge is 0.234 e. The number of carbonyl (C=O) groups excluding carboxylic acids is 1. The fraction of sp³-hybridized carbons (Fsp3) is 0.455. The Hall–Kier alpha value is -3.42. The molecule has 0 aliphatic carbocycles. The summed E-state index contributed by atoms with van der Waals surface area (Å²) in [5.41, 5.74) is 3.42. The second kappa shape index (κ2) is 15.4. The molecule has 0 radical (unpaired) electrons. The molecular weight excluding hydrogens is 500 g/mol. The first-order valence-electron chi connectivity index (χ1n) is 14.7. The second-order valence-corrected chi connectivity index (χ2v) is 10.4. The molecule has 3 aromatic rings. The first-order valence-corrected chi connectivity index (χ1v) is 14.7. The molecule has 2 heterocycles. The summed E-state index contributed by atoms with van der Waals surface area (Å²) in [4.78, 5) is 22.5. The third-order valence-corrected chi connectivity index (χ3v) is 7.50. The van der Waals surface area contributed by atoms with Crippen molar-refractivity contribution in [2.24, 2.45) is 0 Å². The van der Waals surface area contributed by atoms with Gasteiger partial charge in [-0.3, -0.25) is 14.6 Å². The number of carbonyl (C=O) groups is 1. The van der Waals surface area contributed by atoms with E-state index in [9.17, 15) is 4.79 Å². The lowest BCUT2D eigenvalue weighted by molar-refractivity contribution is -0.122. The largest absolute Gasteiger partial charge is 0.490 e. The number of nitrogens with one attached hydrogen (secondary N) is 1. The van der Waals surface area contributed by atoms with E-state index in [0.717, 1.165) is 56.6 Å². The van der Waals surface area contributed by atoms with Crippen molar-refractivity contribution < 1.29 is 14.3 Å². The molecule has 1 aliphatic heterocycles. The van der Waals surface area contributed by atoms with E-state index < -0.39 is 0 Å². The van der Waals surface area contributed by atoms with Crippen molar-refractivity contribution in [2.75, 3.05) is 39.3 Å². The summed E-state index contributed by atoms with van der Waals surface area (Å²) in [5, 5.41) is 3.25. The van der Waals surface area contributed by atoms with Crippen molar-refractivity contribution in [3.8, 4) is 17.4 Å². The number of pyridine rings is 1. The van der Waals surface area contributed by atoms with E-state index in [1.165, 1.54) is 11.1 Å². The summed E-state index contributed by atoms with van der Waals surface area (Å²) in [6.45, 7) is 11.3. The van der Waals surface area contributed by atoms with Crippen LogP contribution in [0, 0.1) is 6.92 Å². The minimum Gasteiger partial charge on any atom is -0.490 e. The first-order chi connectivity index (χ1) is 19.6. The van der Waals surface area contributed by atoms with Crippen LogP contribution in [0.4, 0.5) is 0 Å². The zero-order valence-corrected chi connectivity index (χ0v) is 24.3. The number of para-hydroxylation sites is 2. The average molecular weight is 545 g/mol. The number of amides is 1. The molecule has 1 atom stereocenters. The minimum absolute atomic E-state index is 0.0375. The van der Waals surface area contributed by atoms with E-state index in [4.69, 9.17) is 9.47 Å². The van der Waals surface area contributed by atoms with Crippen LogP contribution in [0.1, 0.15) is 62.3 Å². The summed E-state index contributed by atoms with van der Waals surface area (Å²) in [5.74, 6) is 1.96. The van der Waals surface area contributed by atoms with Gasteiger partial charge in [0.05, 0.1) is 19.2 Å². The Morgan fingerprint density at radius 2 is 1.73 bits per heavy atom. The number of fused-ring (bicyclic) bond motifs is 2. The summed E-state index contributed by atoms with van der Waals surface area (Å²) < 4.78 is 12.3. The normalized spacial score (nSPS) is 15.6. The maximum absolute atomic E-state index is 13.3. The lowest BCUT2D eigenvalue weighted by Gasteiger charge is -2.31. The standard InChI is InChI=1S/C33H44N4O3/c1-4-37(5-2)29(27-18-16-26(3)17-19-27)23-35-32(38)25-36-21-10-6-7-11-22-39-30-14-8-9-15-31(30)40-33-28(24-36)13-12-20-34-33/h8-9,12-20,29H,4-7,10-11,21-25H2,1-3H3,(H,35,38). The van der Waals surface area contributed by atoms with Gasteiger partial charge in [-0.05, 0) is 63.2 Å². The number of ether oxygens (including phenoxy) is 2. The maximum atomic E-state index is 13.3. The molecule has 0 saturated heterocycles. The van der Waals surface area contributed by atoms with Gasteiger partial charge in [0.2, 0.25) is 11.8 Å². The van der Waals surface area contributed by atoms with E-state index >= 15 is 0 Å². The Morgan fingerprint density at radius 3 is 2.50 bits per heavy atom.